The fourth-order valence-electron chi connectivity index (χ4n) is 2.64. The molecule has 2 amide bonds. The number of nitrogens with one attached hydrogen (secondary N) is 2. The van der Waals surface area contributed by atoms with Crippen molar-refractivity contribution in [1.82, 2.24) is 15.7 Å². The number of nitro groups is 1. The summed E-state index contributed by atoms with van der Waals surface area (Å²) in [5.41, 5.74) is 1.76. The van der Waals surface area contributed by atoms with Gasteiger partial charge < -0.3 is 19.7 Å². The summed E-state index contributed by atoms with van der Waals surface area (Å²) in [6.07, 6.45) is 0.204. The third kappa shape index (κ3) is 8.96. The van der Waals surface area contributed by atoms with Crippen LogP contribution >= 0.6 is 0 Å². The highest BCUT2D eigenvalue weighted by Gasteiger charge is 2.25. The SMILES string of the molecule is CCOCOC[C@H](C[C@H](CN(C)C)C(=O)NO)NC(=O)c1ccc([N+](=O)[O-])cc1. The number of rotatable bonds is 13. The predicted molar refractivity (Wildman–Crippen MR) is 103 cm³/mol. The minimum absolute atomic E-state index is 0.0327. The van der Waals surface area contributed by atoms with Crippen LogP contribution < -0.4 is 10.8 Å². The van der Waals surface area contributed by atoms with Gasteiger partial charge >= 0.3 is 0 Å². The van der Waals surface area contributed by atoms with E-state index < -0.39 is 28.7 Å². The van der Waals surface area contributed by atoms with Gasteiger partial charge in [-0.15, -0.1) is 0 Å². The van der Waals surface area contributed by atoms with E-state index in [0.717, 1.165) is 0 Å². The van der Waals surface area contributed by atoms with E-state index in [1.54, 1.807) is 24.5 Å². The van der Waals surface area contributed by atoms with Crippen LogP contribution in [0.1, 0.15) is 23.7 Å². The first-order valence-corrected chi connectivity index (χ1v) is 9.07. The van der Waals surface area contributed by atoms with Crippen molar-refractivity contribution in [3.63, 3.8) is 0 Å². The minimum atomic E-state index is -0.604. The molecule has 0 heterocycles. The van der Waals surface area contributed by atoms with Crippen LogP contribution in [0, 0.1) is 16.0 Å². The number of hydrogen-bond donors (Lipinski definition) is 3. The largest absolute Gasteiger partial charge is 0.356 e. The monoisotopic (exact) mass is 412 g/mol. The number of hydrogen-bond acceptors (Lipinski definition) is 8. The Morgan fingerprint density at radius 1 is 1.24 bits per heavy atom. The summed E-state index contributed by atoms with van der Waals surface area (Å²) in [4.78, 5) is 36.5. The van der Waals surface area contributed by atoms with Crippen molar-refractivity contribution in [2.75, 3.05) is 40.6 Å². The standard InChI is InChI=1S/C18H28N4O7/c1-4-28-12-29-11-15(9-14(10-21(2)3)18(24)20-25)19-17(23)13-5-7-16(8-6-13)22(26)27/h5-8,14-15,25H,4,9-12H2,1-3H3,(H,19,23)(H,20,24)/t14-,15+/m1/s1. The van der Waals surface area contributed by atoms with Gasteiger partial charge in [0, 0.05) is 30.8 Å². The van der Waals surface area contributed by atoms with Gasteiger partial charge in [-0.05, 0) is 39.6 Å². The van der Waals surface area contributed by atoms with Crippen molar-refractivity contribution in [2.24, 2.45) is 5.92 Å². The summed E-state index contributed by atoms with van der Waals surface area (Å²) >= 11 is 0. The second-order valence-corrected chi connectivity index (χ2v) is 6.63. The summed E-state index contributed by atoms with van der Waals surface area (Å²) in [6, 6.07) is 4.63. The van der Waals surface area contributed by atoms with Crippen LogP contribution in [-0.4, -0.2) is 73.5 Å². The maximum Gasteiger partial charge on any atom is 0.269 e. The first-order valence-electron chi connectivity index (χ1n) is 9.07. The van der Waals surface area contributed by atoms with Crippen LogP contribution in [0.4, 0.5) is 5.69 Å². The first-order chi connectivity index (χ1) is 13.8. The molecule has 11 heteroatoms. The molecule has 0 fully saturated rings. The molecule has 0 aromatic heterocycles. The van der Waals surface area contributed by atoms with Crippen LogP contribution in [0.15, 0.2) is 24.3 Å². The summed E-state index contributed by atoms with van der Waals surface area (Å²) in [5, 5.41) is 22.5. The Bertz CT molecular complexity index is 667. The molecule has 162 valence electrons. The molecule has 29 heavy (non-hydrogen) atoms. The smallest absolute Gasteiger partial charge is 0.269 e. The molecule has 0 unspecified atom stereocenters. The lowest BCUT2D eigenvalue weighted by Gasteiger charge is -2.25. The molecule has 0 aliphatic rings. The van der Waals surface area contributed by atoms with Gasteiger partial charge in [0.05, 0.1) is 23.5 Å². The van der Waals surface area contributed by atoms with E-state index >= 15 is 0 Å². The molecule has 2 atom stereocenters. The summed E-state index contributed by atoms with van der Waals surface area (Å²) in [6.45, 7) is 2.75. The van der Waals surface area contributed by atoms with Crippen LogP contribution in [0.3, 0.4) is 0 Å². The Kier molecular flexibility index (Phi) is 10.8. The molecule has 0 radical (unpaired) electrons. The number of hydroxylamine groups is 1. The Morgan fingerprint density at radius 2 is 1.90 bits per heavy atom. The summed E-state index contributed by atoms with van der Waals surface area (Å²) in [5.74, 6) is -1.64. The number of nitrogens with zero attached hydrogens (tertiary/aromatic N) is 2. The Morgan fingerprint density at radius 3 is 2.41 bits per heavy atom. The zero-order valence-electron chi connectivity index (χ0n) is 16.8. The van der Waals surface area contributed by atoms with Crippen LogP contribution in [0.25, 0.3) is 0 Å². The zero-order valence-corrected chi connectivity index (χ0v) is 16.8. The fourth-order valence-corrected chi connectivity index (χ4v) is 2.64. The van der Waals surface area contributed by atoms with Crippen molar-refractivity contribution < 1.29 is 29.2 Å². The molecule has 1 aromatic carbocycles. The average molecular weight is 412 g/mol. The first kappa shape index (κ1) is 24.4. The third-order valence-electron chi connectivity index (χ3n) is 4.00. The van der Waals surface area contributed by atoms with Gasteiger partial charge in [0.2, 0.25) is 5.91 Å². The van der Waals surface area contributed by atoms with Gasteiger partial charge in [-0.2, -0.15) is 0 Å². The lowest BCUT2D eigenvalue weighted by molar-refractivity contribution is -0.384. The number of ether oxygens (including phenoxy) is 2. The van der Waals surface area contributed by atoms with Crippen LogP contribution in [0.5, 0.6) is 0 Å². The highest BCUT2D eigenvalue weighted by molar-refractivity contribution is 5.94. The molecule has 11 nitrogen and oxygen atoms in total. The van der Waals surface area contributed by atoms with E-state index in [9.17, 15) is 19.7 Å². The maximum absolute atomic E-state index is 12.5. The topological polar surface area (TPSA) is 143 Å². The fraction of sp³-hybridized carbons (Fsp3) is 0.556. The van der Waals surface area contributed by atoms with Crippen LogP contribution in [-0.2, 0) is 14.3 Å². The number of carbonyl (C=O) groups is 2. The number of benzene rings is 1. The van der Waals surface area contributed by atoms with E-state index in [2.05, 4.69) is 5.32 Å². The molecule has 3 N–H and O–H groups in total. The van der Waals surface area contributed by atoms with Crippen molar-refractivity contribution in [3.05, 3.63) is 39.9 Å². The molecule has 0 aliphatic carbocycles. The molecule has 1 rings (SSSR count). The number of carbonyl (C=O) groups excluding carboxylic acids is 2. The van der Waals surface area contributed by atoms with E-state index in [-0.39, 0.29) is 31.1 Å². The summed E-state index contributed by atoms with van der Waals surface area (Å²) < 4.78 is 10.5. The number of amides is 2. The maximum atomic E-state index is 12.5. The number of nitro benzene ring substituents is 1. The highest BCUT2D eigenvalue weighted by atomic mass is 16.7. The van der Waals surface area contributed by atoms with Gasteiger partial charge in [0.15, 0.2) is 0 Å². The molecule has 0 bridgehead atoms. The van der Waals surface area contributed by atoms with E-state index in [4.69, 9.17) is 14.7 Å². The van der Waals surface area contributed by atoms with E-state index in [0.29, 0.717) is 13.2 Å². The van der Waals surface area contributed by atoms with E-state index in [1.807, 2.05) is 6.92 Å². The normalized spacial score (nSPS) is 13.0. The molecule has 0 spiro atoms. The van der Waals surface area contributed by atoms with Gasteiger partial charge in [-0.3, -0.25) is 24.9 Å². The van der Waals surface area contributed by atoms with Crippen molar-refractivity contribution in [2.45, 2.75) is 19.4 Å². The van der Waals surface area contributed by atoms with Gasteiger partial charge in [0.25, 0.3) is 11.6 Å². The number of non-ortho nitro benzene ring substituents is 1. The minimum Gasteiger partial charge on any atom is -0.356 e. The second kappa shape index (κ2) is 12.8. The quantitative estimate of drug-likeness (QED) is 0.142. The Hall–Kier alpha value is -2.60. The van der Waals surface area contributed by atoms with Crippen molar-refractivity contribution in [1.29, 1.82) is 0 Å². The Labute approximate surface area is 169 Å². The molecule has 0 saturated carbocycles. The average Bonchev–Trinajstić information content (AvgIpc) is 2.69. The summed E-state index contributed by atoms with van der Waals surface area (Å²) in [7, 11) is 3.57. The lowest BCUT2D eigenvalue weighted by Crippen LogP contribution is -2.44. The predicted octanol–water partition coefficient (Wildman–Crippen LogP) is 0.777. The van der Waals surface area contributed by atoms with Gasteiger partial charge in [-0.25, -0.2) is 5.48 Å². The van der Waals surface area contributed by atoms with Gasteiger partial charge in [-0.1, -0.05) is 0 Å². The van der Waals surface area contributed by atoms with Crippen LogP contribution in [0.2, 0.25) is 0 Å². The third-order valence-corrected chi connectivity index (χ3v) is 4.00. The molecule has 0 saturated heterocycles. The molecular formula is C18H28N4O7. The zero-order chi connectivity index (χ0) is 21.8. The molecule has 1 aromatic rings. The molecule has 0 aliphatic heterocycles. The van der Waals surface area contributed by atoms with Crippen molar-refractivity contribution in [3.8, 4) is 0 Å². The molecular weight excluding hydrogens is 384 g/mol. The van der Waals surface area contributed by atoms with E-state index in [1.165, 1.54) is 24.3 Å². The van der Waals surface area contributed by atoms with Crippen molar-refractivity contribution >= 4 is 17.5 Å². The Balaban J connectivity index is 2.87. The second-order valence-electron chi connectivity index (χ2n) is 6.63. The van der Waals surface area contributed by atoms with Gasteiger partial charge in [0.1, 0.15) is 6.79 Å². The lowest BCUT2D eigenvalue weighted by atomic mass is 9.98. The highest BCUT2D eigenvalue weighted by Crippen LogP contribution is 2.14.